The van der Waals surface area contributed by atoms with Crippen LogP contribution >= 0.6 is 27.7 Å². The molecule has 0 aliphatic carbocycles. The molecule has 118 valence electrons. The van der Waals surface area contributed by atoms with Gasteiger partial charge in [0.1, 0.15) is 4.90 Å². The van der Waals surface area contributed by atoms with E-state index < -0.39 is 10.1 Å². The quantitative estimate of drug-likeness (QED) is 0.724. The number of benzene rings is 2. The Morgan fingerprint density at radius 2 is 1.55 bits per heavy atom. The molecule has 0 fully saturated rings. The number of hydrogen-bond acceptors (Lipinski definition) is 3. The number of hydrogen-bond donors (Lipinski definition) is 1. The van der Waals surface area contributed by atoms with Gasteiger partial charge in [0.25, 0.3) is 10.1 Å². The van der Waals surface area contributed by atoms with Crippen molar-refractivity contribution in [3.8, 4) is 0 Å². The summed E-state index contributed by atoms with van der Waals surface area (Å²) in [5.74, 6) is 0. The van der Waals surface area contributed by atoms with Crippen molar-refractivity contribution in [3.05, 3.63) is 52.5 Å². The van der Waals surface area contributed by atoms with Crippen LogP contribution < -0.4 is 0 Å². The molecule has 0 radical (unpaired) electrons. The minimum Gasteiger partial charge on any atom is -0.282 e. The van der Waals surface area contributed by atoms with Crippen LogP contribution in [0.25, 0.3) is 0 Å². The van der Waals surface area contributed by atoms with Crippen LogP contribution in [0.2, 0.25) is 0 Å². The lowest BCUT2D eigenvalue weighted by atomic mass is 9.87. The molecule has 0 spiro atoms. The first-order valence-electron chi connectivity index (χ1n) is 6.63. The lowest BCUT2D eigenvalue weighted by molar-refractivity contribution is 0.482. The van der Waals surface area contributed by atoms with Gasteiger partial charge in [-0.2, -0.15) is 8.42 Å². The van der Waals surface area contributed by atoms with Crippen molar-refractivity contribution >= 4 is 37.8 Å². The van der Waals surface area contributed by atoms with Gasteiger partial charge in [0.05, 0.1) is 0 Å². The van der Waals surface area contributed by atoms with Gasteiger partial charge in [-0.3, -0.25) is 4.55 Å². The van der Waals surface area contributed by atoms with E-state index in [0.29, 0.717) is 4.47 Å². The lowest BCUT2D eigenvalue weighted by Crippen LogP contribution is -2.10. The summed E-state index contributed by atoms with van der Waals surface area (Å²) in [5, 5.41) is 0. The highest BCUT2D eigenvalue weighted by atomic mass is 79.9. The van der Waals surface area contributed by atoms with Gasteiger partial charge in [0.2, 0.25) is 0 Å². The maximum Gasteiger partial charge on any atom is 0.295 e. The minimum atomic E-state index is -4.23. The summed E-state index contributed by atoms with van der Waals surface area (Å²) in [6.45, 7) is 6.47. The van der Waals surface area contributed by atoms with Crippen LogP contribution in [-0.2, 0) is 15.5 Å². The van der Waals surface area contributed by atoms with Crippen molar-refractivity contribution in [2.75, 3.05) is 0 Å². The molecule has 2 aromatic carbocycles. The van der Waals surface area contributed by atoms with E-state index in [4.69, 9.17) is 0 Å². The van der Waals surface area contributed by atoms with Gasteiger partial charge in [-0.15, -0.1) is 0 Å². The van der Waals surface area contributed by atoms with Crippen LogP contribution in [-0.4, -0.2) is 13.0 Å². The third-order valence-corrected chi connectivity index (χ3v) is 5.98. The fourth-order valence-corrected chi connectivity index (χ4v) is 4.29. The molecular weight excluding hydrogens is 384 g/mol. The highest BCUT2D eigenvalue weighted by Gasteiger charge is 2.16. The third-order valence-electron chi connectivity index (χ3n) is 3.14. The Morgan fingerprint density at radius 3 is 2.05 bits per heavy atom. The minimum absolute atomic E-state index is 0.0962. The Bertz CT molecular complexity index is 776. The zero-order valence-corrected chi connectivity index (χ0v) is 15.7. The van der Waals surface area contributed by atoms with Crippen molar-refractivity contribution < 1.29 is 13.0 Å². The Morgan fingerprint density at radius 1 is 1.00 bits per heavy atom. The Kier molecular flexibility index (Phi) is 5.06. The van der Waals surface area contributed by atoms with Gasteiger partial charge in [-0.05, 0) is 57.2 Å². The Labute approximate surface area is 144 Å². The molecule has 0 aromatic heterocycles. The highest BCUT2D eigenvalue weighted by Crippen LogP contribution is 2.33. The number of rotatable bonds is 3. The first kappa shape index (κ1) is 17.5. The molecule has 3 nitrogen and oxygen atoms in total. The molecule has 22 heavy (non-hydrogen) atoms. The highest BCUT2D eigenvalue weighted by molar-refractivity contribution is 9.10. The van der Waals surface area contributed by atoms with Crippen LogP contribution in [0.4, 0.5) is 0 Å². The summed E-state index contributed by atoms with van der Waals surface area (Å²) < 4.78 is 32.2. The molecule has 0 aliphatic rings. The third kappa shape index (κ3) is 4.35. The summed E-state index contributed by atoms with van der Waals surface area (Å²) >= 11 is 4.58. The summed E-state index contributed by atoms with van der Waals surface area (Å²) in [7, 11) is -4.23. The zero-order chi connectivity index (χ0) is 16.5. The average molecular weight is 401 g/mol. The fraction of sp³-hybridized carbons (Fsp3) is 0.250. The van der Waals surface area contributed by atoms with E-state index in [2.05, 4.69) is 48.8 Å². The molecule has 0 heterocycles. The average Bonchev–Trinajstić information content (AvgIpc) is 2.39. The van der Waals surface area contributed by atoms with Gasteiger partial charge in [0, 0.05) is 14.3 Å². The van der Waals surface area contributed by atoms with Crippen molar-refractivity contribution in [3.63, 3.8) is 0 Å². The van der Waals surface area contributed by atoms with Crippen LogP contribution in [0, 0.1) is 0 Å². The number of halogens is 1. The molecule has 0 saturated heterocycles. The van der Waals surface area contributed by atoms with E-state index in [1.165, 1.54) is 23.4 Å². The van der Waals surface area contributed by atoms with E-state index >= 15 is 0 Å². The molecular formula is C16H17BrO3S2. The molecule has 0 saturated carbocycles. The van der Waals surface area contributed by atoms with E-state index in [-0.39, 0.29) is 10.3 Å². The zero-order valence-electron chi connectivity index (χ0n) is 12.5. The van der Waals surface area contributed by atoms with Gasteiger partial charge in [-0.25, -0.2) is 0 Å². The summed E-state index contributed by atoms with van der Waals surface area (Å²) in [6.07, 6.45) is 0. The molecule has 2 aromatic rings. The van der Waals surface area contributed by atoms with Gasteiger partial charge < -0.3 is 0 Å². The Balaban J connectivity index is 2.28. The first-order valence-corrected chi connectivity index (χ1v) is 9.68. The van der Waals surface area contributed by atoms with Crippen molar-refractivity contribution in [2.24, 2.45) is 0 Å². The maximum atomic E-state index is 11.3. The molecule has 0 amide bonds. The fourth-order valence-electron chi connectivity index (χ4n) is 1.90. The molecule has 2 rings (SSSR count). The van der Waals surface area contributed by atoms with Crippen LogP contribution in [0.5, 0.6) is 0 Å². The Hall–Kier alpha value is -0.820. The van der Waals surface area contributed by atoms with Crippen molar-refractivity contribution in [1.29, 1.82) is 0 Å². The van der Waals surface area contributed by atoms with Crippen molar-refractivity contribution in [1.82, 2.24) is 0 Å². The van der Waals surface area contributed by atoms with E-state index in [9.17, 15) is 13.0 Å². The van der Waals surface area contributed by atoms with Gasteiger partial charge in [-0.1, -0.05) is 44.7 Å². The molecule has 0 bridgehead atoms. The molecule has 6 heteroatoms. The predicted molar refractivity (Wildman–Crippen MR) is 93.2 cm³/mol. The van der Waals surface area contributed by atoms with E-state index in [1.54, 1.807) is 12.1 Å². The largest absolute Gasteiger partial charge is 0.295 e. The van der Waals surface area contributed by atoms with E-state index in [1.807, 2.05) is 12.1 Å². The van der Waals surface area contributed by atoms with Crippen LogP contribution in [0.3, 0.4) is 0 Å². The first-order chi connectivity index (χ1) is 10.1. The van der Waals surface area contributed by atoms with Crippen LogP contribution in [0.15, 0.2) is 61.6 Å². The standard InChI is InChI=1S/C16H17BrO3S2/c1-16(2,3)11-4-6-12(7-5-11)21-13-8-9-14(17)15(10-13)22(18,19)20/h4-10H,1-3H3,(H,18,19,20). The van der Waals surface area contributed by atoms with E-state index in [0.717, 1.165) is 9.79 Å². The summed E-state index contributed by atoms with van der Waals surface area (Å²) in [6, 6.07) is 13.1. The monoisotopic (exact) mass is 400 g/mol. The topological polar surface area (TPSA) is 54.4 Å². The molecule has 0 atom stereocenters. The second-order valence-corrected chi connectivity index (χ2v) is 9.33. The smallest absolute Gasteiger partial charge is 0.282 e. The van der Waals surface area contributed by atoms with Crippen LogP contribution in [0.1, 0.15) is 26.3 Å². The summed E-state index contributed by atoms with van der Waals surface area (Å²) in [4.78, 5) is 1.64. The molecule has 0 aliphatic heterocycles. The normalized spacial score (nSPS) is 12.4. The second-order valence-electron chi connectivity index (χ2n) is 5.94. The predicted octanol–water partition coefficient (Wildman–Crippen LogP) is 5.14. The maximum absolute atomic E-state index is 11.3. The summed E-state index contributed by atoms with van der Waals surface area (Å²) in [5.41, 5.74) is 1.34. The van der Waals surface area contributed by atoms with Gasteiger partial charge in [0.15, 0.2) is 0 Å². The SMILES string of the molecule is CC(C)(C)c1ccc(Sc2ccc(Br)c(S(=O)(=O)O)c2)cc1. The second kappa shape index (κ2) is 6.35. The van der Waals surface area contributed by atoms with Gasteiger partial charge >= 0.3 is 0 Å². The molecule has 0 unspecified atom stereocenters. The lowest BCUT2D eigenvalue weighted by Gasteiger charge is -2.19. The molecule has 1 N–H and O–H groups in total. The van der Waals surface area contributed by atoms with Crippen molar-refractivity contribution in [2.45, 2.75) is 40.9 Å².